The number of aliphatic hydroxyl groups is 1. The first kappa shape index (κ1) is 13.9. The van der Waals surface area contributed by atoms with E-state index < -0.39 is 9.84 Å². The number of aliphatic hydroxyl groups excluding tert-OH is 1. The third-order valence-corrected chi connectivity index (χ3v) is 3.78. The van der Waals surface area contributed by atoms with Crippen molar-refractivity contribution in [2.45, 2.75) is 32.8 Å². The van der Waals surface area contributed by atoms with Gasteiger partial charge >= 0.3 is 0 Å². The summed E-state index contributed by atoms with van der Waals surface area (Å²) in [6, 6.07) is 0. The molecule has 2 N–H and O–H groups in total. The van der Waals surface area contributed by atoms with E-state index in [4.69, 9.17) is 5.11 Å². The van der Waals surface area contributed by atoms with E-state index in [-0.39, 0.29) is 17.6 Å². The molecule has 0 aromatic rings. The maximum atomic E-state index is 11.1. The summed E-state index contributed by atoms with van der Waals surface area (Å²) < 4.78 is 22.1. The normalized spacial score (nSPS) is 14.2. The molecule has 0 amide bonds. The van der Waals surface area contributed by atoms with Crippen LogP contribution in [-0.2, 0) is 9.84 Å². The first-order valence-electron chi connectivity index (χ1n) is 5.07. The van der Waals surface area contributed by atoms with Crippen LogP contribution in [0.15, 0.2) is 0 Å². The summed E-state index contributed by atoms with van der Waals surface area (Å²) in [4.78, 5) is 0. The molecule has 0 fully saturated rings. The second-order valence-electron chi connectivity index (χ2n) is 3.48. The van der Waals surface area contributed by atoms with Crippen LogP contribution in [0.25, 0.3) is 0 Å². The Kier molecular flexibility index (Phi) is 7.13. The van der Waals surface area contributed by atoms with Crippen molar-refractivity contribution in [3.63, 3.8) is 0 Å². The molecular formula is C9H21NO3S. The number of hydrogen-bond donors (Lipinski definition) is 2. The molecule has 86 valence electrons. The Bertz CT molecular complexity index is 224. The van der Waals surface area contributed by atoms with Crippen LogP contribution in [0.1, 0.15) is 26.7 Å². The molecule has 1 atom stereocenters. The Morgan fingerprint density at radius 2 is 2.00 bits per heavy atom. The van der Waals surface area contributed by atoms with Crippen molar-refractivity contribution in [2.24, 2.45) is 0 Å². The molecule has 14 heavy (non-hydrogen) atoms. The molecule has 0 bridgehead atoms. The first-order chi connectivity index (χ1) is 6.48. The van der Waals surface area contributed by atoms with Gasteiger partial charge in [0.25, 0.3) is 0 Å². The number of nitrogens with one attached hydrogen (secondary N) is 1. The highest BCUT2D eigenvalue weighted by Gasteiger charge is 2.05. The summed E-state index contributed by atoms with van der Waals surface area (Å²) in [5.74, 6) is 0.478. The molecule has 1 unspecified atom stereocenters. The summed E-state index contributed by atoms with van der Waals surface area (Å²) in [6.07, 6.45) is 1.07. The molecule has 0 aliphatic rings. The van der Waals surface area contributed by atoms with Crippen molar-refractivity contribution in [1.29, 1.82) is 0 Å². The van der Waals surface area contributed by atoms with Crippen molar-refractivity contribution in [2.75, 3.05) is 24.6 Å². The van der Waals surface area contributed by atoms with E-state index >= 15 is 0 Å². The maximum Gasteiger partial charge on any atom is 0.150 e. The Labute approximate surface area is 86.6 Å². The van der Waals surface area contributed by atoms with Gasteiger partial charge < -0.3 is 10.4 Å². The molecule has 0 saturated carbocycles. The highest BCUT2D eigenvalue weighted by molar-refractivity contribution is 7.91. The lowest BCUT2D eigenvalue weighted by atomic mass is 10.3. The van der Waals surface area contributed by atoms with E-state index in [0.717, 1.165) is 6.54 Å². The van der Waals surface area contributed by atoms with Gasteiger partial charge in [0.05, 0.1) is 11.9 Å². The van der Waals surface area contributed by atoms with Gasteiger partial charge in [0.15, 0.2) is 0 Å². The summed E-state index contributed by atoms with van der Waals surface area (Å²) >= 11 is 0. The van der Waals surface area contributed by atoms with Gasteiger partial charge in [-0.2, -0.15) is 0 Å². The molecule has 0 radical (unpaired) electrons. The molecule has 0 aromatic heterocycles. The Morgan fingerprint density at radius 1 is 1.36 bits per heavy atom. The summed E-state index contributed by atoms with van der Waals surface area (Å²) in [5.41, 5.74) is 0. The average Bonchev–Trinajstić information content (AvgIpc) is 2.10. The van der Waals surface area contributed by atoms with E-state index in [1.54, 1.807) is 13.8 Å². The zero-order chi connectivity index (χ0) is 11.0. The second kappa shape index (κ2) is 7.20. The predicted octanol–water partition coefficient (Wildman–Crippen LogP) is 0.172. The Balaban J connectivity index is 3.31. The quantitative estimate of drug-likeness (QED) is 0.576. The molecule has 0 rings (SSSR count). The lowest BCUT2D eigenvalue weighted by molar-refractivity contribution is 0.184. The summed E-state index contributed by atoms with van der Waals surface area (Å²) in [5, 5.41) is 12.0. The van der Waals surface area contributed by atoms with Crippen molar-refractivity contribution in [3.05, 3.63) is 0 Å². The van der Waals surface area contributed by atoms with Gasteiger partial charge in [0, 0.05) is 5.75 Å². The van der Waals surface area contributed by atoms with Gasteiger partial charge in [-0.3, -0.25) is 0 Å². The number of sulfone groups is 1. The van der Waals surface area contributed by atoms with Crippen molar-refractivity contribution >= 4 is 9.84 Å². The fourth-order valence-electron chi connectivity index (χ4n) is 0.997. The molecule has 0 heterocycles. The third kappa shape index (κ3) is 8.47. The van der Waals surface area contributed by atoms with E-state index in [1.807, 2.05) is 0 Å². The van der Waals surface area contributed by atoms with Crippen LogP contribution >= 0.6 is 0 Å². The molecular weight excluding hydrogens is 202 g/mol. The van der Waals surface area contributed by atoms with Crippen LogP contribution in [-0.4, -0.2) is 44.2 Å². The smallest absolute Gasteiger partial charge is 0.150 e. The summed E-state index contributed by atoms with van der Waals surface area (Å²) in [6.45, 7) is 4.84. The first-order valence-corrected chi connectivity index (χ1v) is 6.89. The lowest BCUT2D eigenvalue weighted by Crippen LogP contribution is -2.22. The minimum atomic E-state index is -2.81. The summed E-state index contributed by atoms with van der Waals surface area (Å²) in [7, 11) is -2.81. The maximum absolute atomic E-state index is 11.1. The van der Waals surface area contributed by atoms with Crippen molar-refractivity contribution in [3.8, 4) is 0 Å². The second-order valence-corrected chi connectivity index (χ2v) is 5.95. The minimum absolute atomic E-state index is 0.223. The molecule has 0 spiro atoms. The highest BCUT2D eigenvalue weighted by Crippen LogP contribution is 1.92. The fraction of sp³-hybridized carbons (Fsp3) is 1.00. The van der Waals surface area contributed by atoms with Gasteiger partial charge in [-0.25, -0.2) is 8.42 Å². The standard InChI is InChI=1S/C9H21NO3S/c1-3-14(12,13)8-4-6-10-7-5-9(2)11/h9-11H,3-8H2,1-2H3. The van der Waals surface area contributed by atoms with Crippen molar-refractivity contribution in [1.82, 2.24) is 5.32 Å². The van der Waals surface area contributed by atoms with E-state index in [0.29, 0.717) is 19.4 Å². The van der Waals surface area contributed by atoms with Gasteiger partial charge in [-0.1, -0.05) is 6.92 Å². The Hall–Kier alpha value is -0.130. The van der Waals surface area contributed by atoms with Crippen LogP contribution in [0.3, 0.4) is 0 Å². The molecule has 0 aliphatic heterocycles. The molecule has 5 heteroatoms. The highest BCUT2D eigenvalue weighted by atomic mass is 32.2. The third-order valence-electron chi connectivity index (χ3n) is 1.99. The van der Waals surface area contributed by atoms with Gasteiger partial charge in [-0.15, -0.1) is 0 Å². The van der Waals surface area contributed by atoms with E-state index in [2.05, 4.69) is 5.32 Å². The van der Waals surface area contributed by atoms with Crippen LogP contribution in [0, 0.1) is 0 Å². The zero-order valence-electron chi connectivity index (χ0n) is 8.99. The average molecular weight is 223 g/mol. The van der Waals surface area contributed by atoms with Crippen LogP contribution in [0.4, 0.5) is 0 Å². The van der Waals surface area contributed by atoms with Gasteiger partial charge in [0.1, 0.15) is 9.84 Å². The number of rotatable bonds is 8. The molecule has 0 saturated heterocycles. The lowest BCUT2D eigenvalue weighted by Gasteiger charge is -2.06. The largest absolute Gasteiger partial charge is 0.393 e. The zero-order valence-corrected chi connectivity index (χ0v) is 9.81. The fourth-order valence-corrected chi connectivity index (χ4v) is 1.87. The van der Waals surface area contributed by atoms with Gasteiger partial charge in [-0.05, 0) is 32.9 Å². The predicted molar refractivity (Wildman–Crippen MR) is 58.1 cm³/mol. The molecule has 0 aromatic carbocycles. The molecule has 0 aliphatic carbocycles. The monoisotopic (exact) mass is 223 g/mol. The van der Waals surface area contributed by atoms with Crippen LogP contribution in [0.2, 0.25) is 0 Å². The topological polar surface area (TPSA) is 66.4 Å². The Morgan fingerprint density at radius 3 is 2.50 bits per heavy atom. The van der Waals surface area contributed by atoms with Crippen LogP contribution in [0.5, 0.6) is 0 Å². The van der Waals surface area contributed by atoms with Crippen LogP contribution < -0.4 is 5.32 Å². The van der Waals surface area contributed by atoms with Crippen molar-refractivity contribution < 1.29 is 13.5 Å². The number of hydrogen-bond acceptors (Lipinski definition) is 4. The van der Waals surface area contributed by atoms with E-state index in [1.165, 1.54) is 0 Å². The van der Waals surface area contributed by atoms with Gasteiger partial charge in [0.2, 0.25) is 0 Å². The van der Waals surface area contributed by atoms with E-state index in [9.17, 15) is 8.42 Å². The minimum Gasteiger partial charge on any atom is -0.393 e. The SMILES string of the molecule is CCS(=O)(=O)CCCNCCC(C)O. The molecule has 4 nitrogen and oxygen atoms in total.